The van der Waals surface area contributed by atoms with Gasteiger partial charge in [-0.3, -0.25) is 0 Å². The van der Waals surface area contributed by atoms with Crippen molar-refractivity contribution in [3.05, 3.63) is 22.9 Å². The van der Waals surface area contributed by atoms with Crippen LogP contribution in [0.1, 0.15) is 21.9 Å². The molecule has 0 N–H and O–H groups in total. The molecule has 0 aliphatic heterocycles. The number of anilines is 1. The average molecular weight is 226 g/mol. The predicted octanol–water partition coefficient (Wildman–Crippen LogP) is 2.30. The van der Waals surface area contributed by atoms with Crippen LogP contribution < -0.4 is 4.90 Å². The maximum absolute atomic E-state index is 7.77. The Morgan fingerprint density at radius 3 is 3.64 bits per heavy atom. The summed E-state index contributed by atoms with van der Waals surface area (Å²) in [7, 11) is 0. The Kier molecular flexibility index (Phi) is 0.682. The summed E-state index contributed by atoms with van der Waals surface area (Å²) in [5.41, 5.74) is -0.840. The Hall–Kier alpha value is -0.570. The molecule has 0 aliphatic rings. The summed E-state index contributed by atoms with van der Waals surface area (Å²) in [6.45, 7) is -10.0. The Morgan fingerprint density at radius 1 is 2.00 bits per heavy atom. The Labute approximate surface area is 90.8 Å². The third-order valence-electron chi connectivity index (χ3n) is 0.885. The first-order valence-electron chi connectivity index (χ1n) is 8.06. The lowest BCUT2D eigenvalue weighted by molar-refractivity contribution is 0.963. The molecule has 0 aliphatic carbocycles. The molecule has 11 heavy (non-hydrogen) atoms. The van der Waals surface area contributed by atoms with Crippen LogP contribution >= 0.6 is 15.9 Å². The van der Waals surface area contributed by atoms with Crippen molar-refractivity contribution in [1.29, 1.82) is 0 Å². The van der Waals surface area contributed by atoms with Crippen molar-refractivity contribution in [2.45, 2.75) is 6.85 Å². The minimum Gasteiger partial charge on any atom is -0.375 e. The molecular weight excluding hydrogens is 204 g/mol. The van der Waals surface area contributed by atoms with Crippen LogP contribution in [0.3, 0.4) is 0 Å². The van der Waals surface area contributed by atoms with Gasteiger partial charge >= 0.3 is 0 Å². The van der Waals surface area contributed by atoms with Gasteiger partial charge in [0.2, 0.25) is 0 Å². The normalized spacial score (nSPS) is 27.9. The predicted molar refractivity (Wildman–Crippen MR) is 50.9 cm³/mol. The standard InChI is InChI=1S/C8H11BrN2/c1-3-11(2)7-4-5-10-8(9)6-7/h4-6H,3H2,1-2H3/i1D3,2D3,3D2,4D,5D,6D. The highest BCUT2D eigenvalue weighted by Crippen LogP contribution is 2.15. The second-order valence-electron chi connectivity index (χ2n) is 1.56. The molecule has 0 fully saturated rings. The summed E-state index contributed by atoms with van der Waals surface area (Å²) in [5, 5.41) is 0. The minimum absolute atomic E-state index is 0.137. The van der Waals surface area contributed by atoms with Crippen LogP contribution in [-0.4, -0.2) is 18.5 Å². The summed E-state index contributed by atoms with van der Waals surface area (Å²) in [6.07, 6.45) is -0.714. The maximum atomic E-state index is 7.77. The van der Waals surface area contributed by atoms with Crippen molar-refractivity contribution in [2.75, 3.05) is 18.4 Å². The van der Waals surface area contributed by atoms with Crippen LogP contribution in [-0.2, 0) is 0 Å². The third-order valence-corrected chi connectivity index (χ3v) is 1.26. The molecule has 0 radical (unpaired) electrons. The Balaban J connectivity index is 3.79. The third kappa shape index (κ3) is 2.19. The molecule has 0 bridgehead atoms. The number of halogens is 1. The highest BCUT2D eigenvalue weighted by Gasteiger charge is 1.97. The number of hydrogen-bond donors (Lipinski definition) is 0. The van der Waals surface area contributed by atoms with Gasteiger partial charge in [0.15, 0.2) is 0 Å². The topological polar surface area (TPSA) is 16.1 Å². The van der Waals surface area contributed by atoms with Gasteiger partial charge in [-0.05, 0) is 34.9 Å². The van der Waals surface area contributed by atoms with E-state index < -0.39 is 44.3 Å². The first-order chi connectivity index (χ1) is 9.62. The van der Waals surface area contributed by atoms with Crippen LogP contribution in [0, 0.1) is 0 Å². The Bertz CT molecular complexity index is 553. The van der Waals surface area contributed by atoms with E-state index in [1.807, 2.05) is 0 Å². The van der Waals surface area contributed by atoms with Gasteiger partial charge in [-0.15, -0.1) is 0 Å². The molecular formula is C8H11BrN2. The zero-order chi connectivity index (χ0) is 17.7. The first kappa shape index (κ1) is 2.02. The second kappa shape index (κ2) is 3.72. The van der Waals surface area contributed by atoms with Crippen LogP contribution in [0.4, 0.5) is 5.69 Å². The molecule has 0 atom stereocenters. The van der Waals surface area contributed by atoms with Crippen molar-refractivity contribution in [1.82, 2.24) is 4.98 Å². The van der Waals surface area contributed by atoms with Crippen molar-refractivity contribution in [3.63, 3.8) is 0 Å². The summed E-state index contributed by atoms with van der Waals surface area (Å²) < 4.78 is 81.8. The molecule has 3 heteroatoms. The van der Waals surface area contributed by atoms with Crippen molar-refractivity contribution in [3.8, 4) is 0 Å². The highest BCUT2D eigenvalue weighted by atomic mass is 79.9. The lowest BCUT2D eigenvalue weighted by Gasteiger charge is -2.15. The van der Waals surface area contributed by atoms with E-state index in [0.717, 1.165) is 0 Å². The molecule has 1 aromatic rings. The number of aromatic nitrogens is 1. The van der Waals surface area contributed by atoms with E-state index in [4.69, 9.17) is 15.1 Å². The zero-order valence-electron chi connectivity index (χ0n) is 16.3. The number of hydrogen-bond acceptors (Lipinski definition) is 2. The van der Waals surface area contributed by atoms with Crippen LogP contribution in [0.25, 0.3) is 0 Å². The quantitative estimate of drug-likeness (QED) is 0.719. The number of nitrogens with zero attached hydrogens (tertiary/aromatic N) is 2. The van der Waals surface area contributed by atoms with Crippen molar-refractivity contribution < 1.29 is 15.1 Å². The maximum Gasteiger partial charge on any atom is 0.108 e. The zero-order valence-corrected chi connectivity index (χ0v) is 6.86. The molecule has 2 nitrogen and oxygen atoms in total. The average Bonchev–Trinajstić information content (AvgIpc) is 2.28. The van der Waals surface area contributed by atoms with Crippen molar-refractivity contribution in [2.24, 2.45) is 0 Å². The fourth-order valence-corrected chi connectivity index (χ4v) is 0.731. The number of rotatable bonds is 2. The van der Waals surface area contributed by atoms with Crippen molar-refractivity contribution >= 4 is 21.6 Å². The lowest BCUT2D eigenvalue weighted by Crippen LogP contribution is -2.15. The summed E-state index contributed by atoms with van der Waals surface area (Å²) in [6, 6.07) is -1.54. The van der Waals surface area contributed by atoms with E-state index in [1.165, 1.54) is 0 Å². The molecule has 0 spiro atoms. The van der Waals surface area contributed by atoms with E-state index >= 15 is 0 Å². The molecule has 1 aromatic heterocycles. The molecule has 0 unspecified atom stereocenters. The van der Waals surface area contributed by atoms with E-state index in [9.17, 15) is 0 Å². The highest BCUT2D eigenvalue weighted by molar-refractivity contribution is 9.10. The molecule has 0 aromatic carbocycles. The summed E-state index contributed by atoms with van der Waals surface area (Å²) in [4.78, 5) is 3.34. The lowest BCUT2D eigenvalue weighted by atomic mass is 10.4. The molecule has 0 amide bonds. The largest absolute Gasteiger partial charge is 0.375 e. The van der Waals surface area contributed by atoms with E-state index in [0.29, 0.717) is 0 Å². The fraction of sp³-hybridized carbons (Fsp3) is 0.375. The van der Waals surface area contributed by atoms with Gasteiger partial charge < -0.3 is 4.90 Å². The molecule has 0 saturated heterocycles. The second-order valence-corrected chi connectivity index (χ2v) is 2.31. The van der Waals surface area contributed by atoms with E-state index in [-0.39, 0.29) is 9.50 Å². The van der Waals surface area contributed by atoms with Gasteiger partial charge in [-0.2, -0.15) is 0 Å². The van der Waals surface area contributed by atoms with E-state index in [2.05, 4.69) is 20.9 Å². The first-order valence-corrected chi connectivity index (χ1v) is 3.35. The summed E-state index contributed by atoms with van der Waals surface area (Å²) in [5.74, 6) is 0. The fourth-order valence-electron chi connectivity index (χ4n) is 0.455. The summed E-state index contributed by atoms with van der Waals surface area (Å²) >= 11 is 2.81. The number of pyridine rings is 1. The van der Waals surface area contributed by atoms with Crippen LogP contribution in [0.2, 0.25) is 0 Å². The van der Waals surface area contributed by atoms with Crippen LogP contribution in [0.15, 0.2) is 22.9 Å². The van der Waals surface area contributed by atoms with Crippen LogP contribution in [0.5, 0.6) is 0 Å². The van der Waals surface area contributed by atoms with Gasteiger partial charge in [0.05, 0.1) is 4.11 Å². The molecule has 1 rings (SSSR count). The Morgan fingerprint density at radius 2 is 2.91 bits per heavy atom. The van der Waals surface area contributed by atoms with E-state index in [1.54, 1.807) is 0 Å². The monoisotopic (exact) mass is 225 g/mol. The van der Waals surface area contributed by atoms with Gasteiger partial charge in [0.25, 0.3) is 0 Å². The van der Waals surface area contributed by atoms with Gasteiger partial charge in [0.1, 0.15) is 4.60 Å². The SMILES string of the molecule is [2H]c1nc(Br)c([2H])c(N(C([2H])([2H])[2H])C([2H])([2H])C([2H])([2H])[2H])c1[2H]. The molecule has 60 valence electrons. The minimum atomic E-state index is -3.39. The smallest absolute Gasteiger partial charge is 0.108 e. The molecule has 0 saturated carbocycles. The van der Waals surface area contributed by atoms with Gasteiger partial charge in [0, 0.05) is 36.3 Å². The van der Waals surface area contributed by atoms with Gasteiger partial charge in [-0.25, -0.2) is 4.98 Å². The van der Waals surface area contributed by atoms with Gasteiger partial charge in [-0.1, -0.05) is 0 Å². The molecule has 1 heterocycles.